The second kappa shape index (κ2) is 9.56. The van der Waals surface area contributed by atoms with Crippen LogP contribution in [0.4, 0.5) is 0 Å². The summed E-state index contributed by atoms with van der Waals surface area (Å²) in [7, 11) is 3.20. The van der Waals surface area contributed by atoms with Crippen molar-refractivity contribution in [3.8, 4) is 17.2 Å². The number of carbonyl (C=O) groups is 2. The van der Waals surface area contributed by atoms with Crippen molar-refractivity contribution in [1.82, 2.24) is 0 Å². The first kappa shape index (κ1) is 21.4. The van der Waals surface area contributed by atoms with E-state index in [4.69, 9.17) is 18.9 Å². The Hall–Kier alpha value is -3.80. The van der Waals surface area contributed by atoms with E-state index in [2.05, 4.69) is 0 Å². The maximum Gasteiger partial charge on any atom is 0.310 e. The minimum Gasteiger partial charge on any atom is -0.497 e. The topological polar surface area (TPSA) is 71.1 Å². The number of hydrogen-bond donors (Lipinski definition) is 0. The molecule has 0 atom stereocenters. The predicted molar refractivity (Wildman–Crippen MR) is 119 cm³/mol. The number of ether oxygens (including phenoxy) is 4. The van der Waals surface area contributed by atoms with Gasteiger partial charge in [-0.25, -0.2) is 0 Å². The van der Waals surface area contributed by atoms with Gasteiger partial charge in [0.05, 0.1) is 32.8 Å². The van der Waals surface area contributed by atoms with E-state index in [0.717, 1.165) is 16.9 Å². The summed E-state index contributed by atoms with van der Waals surface area (Å²) in [4.78, 5) is 25.4. The summed E-state index contributed by atoms with van der Waals surface area (Å²) >= 11 is 0. The fraction of sp³-hybridized carbons (Fsp3) is 0.231. The molecule has 0 amide bonds. The molecule has 0 unspecified atom stereocenters. The van der Waals surface area contributed by atoms with Crippen molar-refractivity contribution in [2.45, 2.75) is 19.4 Å². The fourth-order valence-electron chi connectivity index (χ4n) is 3.62. The summed E-state index contributed by atoms with van der Waals surface area (Å²) in [6.07, 6.45) is 0.700. The summed E-state index contributed by atoms with van der Waals surface area (Å²) in [6.45, 7) is 0.561. The zero-order chi connectivity index (χ0) is 22.5. The standard InChI is InChI=1S/C26H24O6/c1-29-20-6-3-17(4-7-20)11-12-31-25(27)14-18-5-10-24-23(13-18)26(28)22-9-8-21(30-2)15-19(22)16-32-24/h3-10,13,15H,11-12,14,16H2,1-2H3. The van der Waals surface area contributed by atoms with Crippen LogP contribution in [0.25, 0.3) is 0 Å². The lowest BCUT2D eigenvalue weighted by atomic mass is 9.97. The molecule has 164 valence electrons. The van der Waals surface area contributed by atoms with Gasteiger partial charge in [-0.15, -0.1) is 0 Å². The van der Waals surface area contributed by atoms with Crippen molar-refractivity contribution in [3.63, 3.8) is 0 Å². The Bertz CT molecular complexity index is 1130. The van der Waals surface area contributed by atoms with Crippen molar-refractivity contribution in [3.05, 3.63) is 88.5 Å². The van der Waals surface area contributed by atoms with E-state index < -0.39 is 0 Å². The van der Waals surface area contributed by atoms with Crippen molar-refractivity contribution in [2.24, 2.45) is 0 Å². The molecule has 0 saturated carbocycles. The molecule has 0 aromatic heterocycles. The highest BCUT2D eigenvalue weighted by molar-refractivity contribution is 6.12. The molecule has 3 aromatic carbocycles. The van der Waals surface area contributed by atoms with E-state index in [1.165, 1.54) is 0 Å². The number of methoxy groups -OCH3 is 2. The van der Waals surface area contributed by atoms with Gasteiger partial charge in [-0.2, -0.15) is 0 Å². The Morgan fingerprint density at radius 1 is 0.875 bits per heavy atom. The molecule has 0 bridgehead atoms. The third-order valence-corrected chi connectivity index (χ3v) is 5.39. The van der Waals surface area contributed by atoms with E-state index in [1.807, 2.05) is 24.3 Å². The smallest absolute Gasteiger partial charge is 0.310 e. The van der Waals surface area contributed by atoms with Gasteiger partial charge in [0.1, 0.15) is 23.9 Å². The number of fused-ring (bicyclic) bond motifs is 2. The average molecular weight is 432 g/mol. The fourth-order valence-corrected chi connectivity index (χ4v) is 3.62. The van der Waals surface area contributed by atoms with E-state index >= 15 is 0 Å². The minimum absolute atomic E-state index is 0.0820. The van der Waals surface area contributed by atoms with Crippen molar-refractivity contribution in [1.29, 1.82) is 0 Å². The van der Waals surface area contributed by atoms with Crippen LogP contribution in [0.5, 0.6) is 17.2 Å². The van der Waals surface area contributed by atoms with Crippen LogP contribution in [0.2, 0.25) is 0 Å². The van der Waals surface area contributed by atoms with Crippen LogP contribution >= 0.6 is 0 Å². The minimum atomic E-state index is -0.342. The Balaban J connectivity index is 1.40. The van der Waals surface area contributed by atoms with Gasteiger partial charge < -0.3 is 18.9 Å². The molecule has 0 spiro atoms. The van der Waals surface area contributed by atoms with Crippen LogP contribution in [0.1, 0.15) is 32.6 Å². The van der Waals surface area contributed by atoms with Gasteiger partial charge in [-0.3, -0.25) is 9.59 Å². The number of hydrogen-bond acceptors (Lipinski definition) is 6. The first-order valence-electron chi connectivity index (χ1n) is 10.3. The van der Waals surface area contributed by atoms with Crippen molar-refractivity contribution < 1.29 is 28.5 Å². The molecule has 6 nitrogen and oxygen atoms in total. The van der Waals surface area contributed by atoms with E-state index in [0.29, 0.717) is 34.6 Å². The molecular formula is C26H24O6. The van der Waals surface area contributed by atoms with Gasteiger partial charge in [-0.1, -0.05) is 18.2 Å². The summed E-state index contributed by atoms with van der Waals surface area (Å²) in [6, 6.07) is 18.2. The van der Waals surface area contributed by atoms with E-state index in [-0.39, 0.29) is 31.4 Å². The third kappa shape index (κ3) is 4.75. The largest absolute Gasteiger partial charge is 0.497 e. The summed E-state index contributed by atoms with van der Waals surface area (Å²) in [5.74, 6) is 1.48. The molecule has 0 radical (unpaired) electrons. The van der Waals surface area contributed by atoms with Gasteiger partial charge in [0, 0.05) is 17.5 Å². The van der Waals surface area contributed by atoms with Gasteiger partial charge in [-0.05, 0) is 53.6 Å². The lowest BCUT2D eigenvalue weighted by Gasteiger charge is -2.09. The number of esters is 1. The normalized spacial score (nSPS) is 12.1. The number of carbonyl (C=O) groups excluding carboxylic acids is 2. The van der Waals surface area contributed by atoms with Gasteiger partial charge >= 0.3 is 5.97 Å². The van der Waals surface area contributed by atoms with Crippen LogP contribution in [0.3, 0.4) is 0 Å². The molecule has 1 aliphatic rings. The highest BCUT2D eigenvalue weighted by atomic mass is 16.5. The molecule has 32 heavy (non-hydrogen) atoms. The van der Waals surface area contributed by atoms with Crippen LogP contribution < -0.4 is 14.2 Å². The van der Waals surface area contributed by atoms with E-state index in [1.54, 1.807) is 50.6 Å². The molecule has 0 fully saturated rings. The summed E-state index contributed by atoms with van der Waals surface area (Å²) < 4.78 is 21.6. The third-order valence-electron chi connectivity index (χ3n) is 5.39. The Morgan fingerprint density at radius 3 is 2.34 bits per heavy atom. The quantitative estimate of drug-likeness (QED) is 0.522. The Labute approximate surface area is 186 Å². The molecule has 0 aliphatic carbocycles. The SMILES string of the molecule is COc1ccc(CCOC(=O)Cc2ccc3c(c2)C(=O)c2ccc(OC)cc2CO3)cc1. The summed E-state index contributed by atoms with van der Waals surface area (Å²) in [5, 5.41) is 0. The zero-order valence-corrected chi connectivity index (χ0v) is 18.1. The Kier molecular flexibility index (Phi) is 6.40. The average Bonchev–Trinajstić information content (AvgIpc) is 2.95. The van der Waals surface area contributed by atoms with Crippen molar-refractivity contribution >= 4 is 11.8 Å². The highest BCUT2D eigenvalue weighted by Crippen LogP contribution is 2.31. The number of ketones is 1. The Morgan fingerprint density at radius 2 is 1.59 bits per heavy atom. The second-order valence-corrected chi connectivity index (χ2v) is 7.47. The highest BCUT2D eigenvalue weighted by Gasteiger charge is 2.23. The number of benzene rings is 3. The molecule has 0 saturated heterocycles. The lowest BCUT2D eigenvalue weighted by Crippen LogP contribution is -2.11. The van der Waals surface area contributed by atoms with Gasteiger partial charge in [0.15, 0.2) is 5.78 Å². The number of rotatable bonds is 7. The van der Waals surface area contributed by atoms with Crippen LogP contribution in [0, 0.1) is 0 Å². The first-order chi connectivity index (χ1) is 15.6. The van der Waals surface area contributed by atoms with Crippen molar-refractivity contribution in [2.75, 3.05) is 20.8 Å². The van der Waals surface area contributed by atoms with Crippen LogP contribution in [-0.2, 0) is 29.0 Å². The molecular weight excluding hydrogens is 408 g/mol. The predicted octanol–water partition coefficient (Wildman–Crippen LogP) is 4.16. The lowest BCUT2D eigenvalue weighted by molar-refractivity contribution is -0.142. The molecule has 0 N–H and O–H groups in total. The van der Waals surface area contributed by atoms with E-state index in [9.17, 15) is 9.59 Å². The molecule has 1 heterocycles. The first-order valence-corrected chi connectivity index (χ1v) is 10.3. The monoisotopic (exact) mass is 432 g/mol. The van der Waals surface area contributed by atoms with Crippen LogP contribution in [-0.4, -0.2) is 32.6 Å². The molecule has 3 aromatic rings. The van der Waals surface area contributed by atoms with Crippen LogP contribution in [0.15, 0.2) is 60.7 Å². The van der Waals surface area contributed by atoms with Gasteiger partial charge in [0.2, 0.25) is 0 Å². The zero-order valence-electron chi connectivity index (χ0n) is 18.1. The maximum absolute atomic E-state index is 13.1. The van der Waals surface area contributed by atoms with Gasteiger partial charge in [0.25, 0.3) is 0 Å². The molecule has 1 aliphatic heterocycles. The summed E-state index contributed by atoms with van der Waals surface area (Å²) in [5.41, 5.74) is 3.54. The molecule has 4 rings (SSSR count). The molecule has 6 heteroatoms. The second-order valence-electron chi connectivity index (χ2n) is 7.47. The maximum atomic E-state index is 13.1.